The standard InChI is InChI=1S/C11H21N3S/c1-9-10(7-14(4)13-9)6-12-8-11(2,3)15-5/h7,12H,6,8H2,1-5H3. The van der Waals surface area contributed by atoms with Crippen molar-refractivity contribution in [1.29, 1.82) is 0 Å². The Kier molecular flexibility index (Phi) is 4.22. The van der Waals surface area contributed by atoms with Gasteiger partial charge in [-0.2, -0.15) is 16.9 Å². The highest BCUT2D eigenvalue weighted by Gasteiger charge is 2.15. The number of aromatic nitrogens is 2. The molecule has 15 heavy (non-hydrogen) atoms. The molecule has 0 amide bonds. The highest BCUT2D eigenvalue weighted by molar-refractivity contribution is 7.99. The summed E-state index contributed by atoms with van der Waals surface area (Å²) in [6, 6.07) is 0. The van der Waals surface area contributed by atoms with Gasteiger partial charge in [0.25, 0.3) is 0 Å². The molecule has 1 aromatic rings. The van der Waals surface area contributed by atoms with Crippen LogP contribution in [0.5, 0.6) is 0 Å². The van der Waals surface area contributed by atoms with E-state index in [9.17, 15) is 0 Å². The molecule has 0 unspecified atom stereocenters. The lowest BCUT2D eigenvalue weighted by Gasteiger charge is -2.22. The van der Waals surface area contributed by atoms with E-state index < -0.39 is 0 Å². The molecule has 4 heteroatoms. The van der Waals surface area contributed by atoms with Crippen molar-refractivity contribution in [2.45, 2.75) is 32.1 Å². The van der Waals surface area contributed by atoms with Crippen LogP contribution in [0.25, 0.3) is 0 Å². The summed E-state index contributed by atoms with van der Waals surface area (Å²) in [5, 5.41) is 7.79. The molecule has 1 aromatic heterocycles. The van der Waals surface area contributed by atoms with Crippen LogP contribution >= 0.6 is 11.8 Å². The van der Waals surface area contributed by atoms with Crippen molar-refractivity contribution in [1.82, 2.24) is 15.1 Å². The fourth-order valence-corrected chi connectivity index (χ4v) is 1.64. The van der Waals surface area contributed by atoms with Crippen LogP contribution < -0.4 is 5.32 Å². The molecule has 86 valence electrons. The molecule has 0 aliphatic rings. The van der Waals surface area contributed by atoms with Crippen LogP contribution in [-0.2, 0) is 13.6 Å². The first-order valence-corrected chi connectivity index (χ1v) is 6.42. The first-order chi connectivity index (χ1) is 6.94. The summed E-state index contributed by atoms with van der Waals surface area (Å²) in [5.74, 6) is 0. The molecule has 0 saturated heterocycles. The second-order valence-electron chi connectivity index (χ2n) is 4.48. The van der Waals surface area contributed by atoms with Gasteiger partial charge in [-0.15, -0.1) is 0 Å². The Labute approximate surface area is 96.6 Å². The van der Waals surface area contributed by atoms with Crippen molar-refractivity contribution in [3.05, 3.63) is 17.5 Å². The summed E-state index contributed by atoms with van der Waals surface area (Å²) in [5.41, 5.74) is 2.40. The monoisotopic (exact) mass is 227 g/mol. The fourth-order valence-electron chi connectivity index (χ4n) is 1.39. The average Bonchev–Trinajstić information content (AvgIpc) is 2.45. The zero-order valence-corrected chi connectivity index (χ0v) is 11.1. The molecule has 0 bridgehead atoms. The van der Waals surface area contributed by atoms with Gasteiger partial charge in [-0.1, -0.05) is 0 Å². The lowest BCUT2D eigenvalue weighted by atomic mass is 10.2. The number of nitrogens with one attached hydrogen (secondary N) is 1. The zero-order valence-electron chi connectivity index (χ0n) is 10.3. The SMILES string of the molecule is CSC(C)(C)CNCc1cn(C)nc1C. The summed E-state index contributed by atoms with van der Waals surface area (Å²) in [4.78, 5) is 0. The number of thioether (sulfide) groups is 1. The third-order valence-corrected chi connectivity index (χ3v) is 3.78. The summed E-state index contributed by atoms with van der Waals surface area (Å²) in [6.45, 7) is 8.48. The van der Waals surface area contributed by atoms with E-state index in [4.69, 9.17) is 0 Å². The number of nitrogens with zero attached hydrogens (tertiary/aromatic N) is 2. The van der Waals surface area contributed by atoms with Crippen molar-refractivity contribution in [2.24, 2.45) is 7.05 Å². The molecule has 0 radical (unpaired) electrons. The van der Waals surface area contributed by atoms with E-state index in [0.717, 1.165) is 18.8 Å². The van der Waals surface area contributed by atoms with Crippen molar-refractivity contribution >= 4 is 11.8 Å². The third kappa shape index (κ3) is 3.87. The Morgan fingerprint density at radius 3 is 2.67 bits per heavy atom. The Morgan fingerprint density at radius 1 is 1.53 bits per heavy atom. The maximum atomic E-state index is 4.32. The summed E-state index contributed by atoms with van der Waals surface area (Å²) in [7, 11) is 1.96. The van der Waals surface area contributed by atoms with Crippen LogP contribution in [0.15, 0.2) is 6.20 Å². The van der Waals surface area contributed by atoms with Crippen molar-refractivity contribution < 1.29 is 0 Å². The van der Waals surface area contributed by atoms with E-state index in [0.29, 0.717) is 4.75 Å². The van der Waals surface area contributed by atoms with E-state index in [-0.39, 0.29) is 0 Å². The second kappa shape index (κ2) is 5.03. The van der Waals surface area contributed by atoms with Gasteiger partial charge in [0.05, 0.1) is 5.69 Å². The number of hydrogen-bond acceptors (Lipinski definition) is 3. The number of rotatable bonds is 5. The minimum Gasteiger partial charge on any atom is -0.311 e. The van der Waals surface area contributed by atoms with Crippen LogP contribution in [0.2, 0.25) is 0 Å². The maximum absolute atomic E-state index is 4.32. The molecule has 0 fully saturated rings. The molecule has 0 saturated carbocycles. The molecule has 1 N–H and O–H groups in total. The van der Waals surface area contributed by atoms with Gasteiger partial charge >= 0.3 is 0 Å². The summed E-state index contributed by atoms with van der Waals surface area (Å²) in [6.07, 6.45) is 4.23. The van der Waals surface area contributed by atoms with E-state index in [1.165, 1.54) is 5.56 Å². The summed E-state index contributed by atoms with van der Waals surface area (Å²) < 4.78 is 2.17. The Bertz CT molecular complexity index is 318. The van der Waals surface area contributed by atoms with E-state index >= 15 is 0 Å². The Balaban J connectivity index is 2.41. The predicted molar refractivity (Wildman–Crippen MR) is 67.2 cm³/mol. The molecule has 1 heterocycles. The molecule has 1 rings (SSSR count). The van der Waals surface area contributed by atoms with E-state index in [1.54, 1.807) is 0 Å². The molecule has 0 aliphatic heterocycles. The molecule has 0 atom stereocenters. The zero-order chi connectivity index (χ0) is 11.5. The lowest BCUT2D eigenvalue weighted by Crippen LogP contribution is -2.31. The quantitative estimate of drug-likeness (QED) is 0.834. The fraction of sp³-hybridized carbons (Fsp3) is 0.727. The lowest BCUT2D eigenvalue weighted by molar-refractivity contribution is 0.590. The molecule has 0 spiro atoms. The maximum Gasteiger partial charge on any atom is 0.0638 e. The predicted octanol–water partition coefficient (Wildman–Crippen LogP) is 1.96. The second-order valence-corrected chi connectivity index (χ2v) is 5.99. The smallest absolute Gasteiger partial charge is 0.0638 e. The van der Waals surface area contributed by atoms with Crippen LogP contribution in [0.4, 0.5) is 0 Å². The summed E-state index contributed by atoms with van der Waals surface area (Å²) >= 11 is 1.89. The molecule has 0 aliphatic carbocycles. The topological polar surface area (TPSA) is 29.9 Å². The van der Waals surface area contributed by atoms with Gasteiger partial charge in [0.2, 0.25) is 0 Å². The van der Waals surface area contributed by atoms with Crippen LogP contribution in [0.3, 0.4) is 0 Å². The highest BCUT2D eigenvalue weighted by Crippen LogP contribution is 2.19. The van der Waals surface area contributed by atoms with Gasteiger partial charge in [0.1, 0.15) is 0 Å². The number of hydrogen-bond donors (Lipinski definition) is 1. The third-order valence-electron chi connectivity index (χ3n) is 2.53. The van der Waals surface area contributed by atoms with E-state index in [1.807, 2.05) is 23.5 Å². The number of aryl methyl sites for hydroxylation is 2. The first-order valence-electron chi connectivity index (χ1n) is 5.19. The molecule has 0 aromatic carbocycles. The Morgan fingerprint density at radius 2 is 2.20 bits per heavy atom. The van der Waals surface area contributed by atoms with Gasteiger partial charge in [0, 0.05) is 36.6 Å². The highest BCUT2D eigenvalue weighted by atomic mass is 32.2. The molecular formula is C11H21N3S. The largest absolute Gasteiger partial charge is 0.311 e. The van der Waals surface area contributed by atoms with E-state index in [2.05, 4.69) is 43.6 Å². The van der Waals surface area contributed by atoms with Gasteiger partial charge in [0.15, 0.2) is 0 Å². The van der Waals surface area contributed by atoms with Gasteiger partial charge < -0.3 is 5.32 Å². The molecule has 3 nitrogen and oxygen atoms in total. The van der Waals surface area contributed by atoms with Crippen molar-refractivity contribution in [3.8, 4) is 0 Å². The average molecular weight is 227 g/mol. The Hall–Kier alpha value is -0.480. The normalized spacial score (nSPS) is 12.1. The van der Waals surface area contributed by atoms with Gasteiger partial charge in [-0.3, -0.25) is 4.68 Å². The molecular weight excluding hydrogens is 206 g/mol. The van der Waals surface area contributed by atoms with Crippen LogP contribution in [0.1, 0.15) is 25.1 Å². The van der Waals surface area contributed by atoms with Crippen molar-refractivity contribution in [2.75, 3.05) is 12.8 Å². The van der Waals surface area contributed by atoms with Gasteiger partial charge in [-0.05, 0) is 27.0 Å². The van der Waals surface area contributed by atoms with Crippen LogP contribution in [0, 0.1) is 6.92 Å². The first kappa shape index (κ1) is 12.6. The van der Waals surface area contributed by atoms with Crippen LogP contribution in [-0.4, -0.2) is 27.3 Å². The minimum absolute atomic E-state index is 0.302. The van der Waals surface area contributed by atoms with Gasteiger partial charge in [-0.25, -0.2) is 0 Å². The minimum atomic E-state index is 0.302. The van der Waals surface area contributed by atoms with Crippen molar-refractivity contribution in [3.63, 3.8) is 0 Å².